The highest BCUT2D eigenvalue weighted by Gasteiger charge is 2.27. The van der Waals surface area contributed by atoms with Gasteiger partial charge in [0.25, 0.3) is 0 Å². The molecular weight excluding hydrogens is 643 g/mol. The monoisotopic (exact) mass is 734 g/mol. The van der Waals surface area contributed by atoms with Crippen molar-refractivity contribution in [3.8, 4) is 0 Å². The summed E-state index contributed by atoms with van der Waals surface area (Å²) in [4.78, 5) is 10.4. The second kappa shape index (κ2) is 37.3. The fraction of sp³-hybridized carbons (Fsp3) is 1.00. The molecule has 0 aliphatic carbocycles. The summed E-state index contributed by atoms with van der Waals surface area (Å²) in [6.45, 7) is 7.70. The molecule has 0 radical (unpaired) electrons. The van der Waals surface area contributed by atoms with Crippen LogP contribution in [0.15, 0.2) is 0 Å². The number of hydrogen-bond donors (Lipinski definition) is 2. The van der Waals surface area contributed by atoms with Crippen LogP contribution in [0.2, 0.25) is 0 Å². The van der Waals surface area contributed by atoms with Crippen LogP contribution in [-0.2, 0) is 18.3 Å². The molecule has 8 heteroatoms. The van der Waals surface area contributed by atoms with E-state index in [9.17, 15) is 9.46 Å². The minimum absolute atomic E-state index is 0.177. The molecule has 7 nitrogen and oxygen atoms in total. The maximum Gasteiger partial charge on any atom is 0.472 e. The fourth-order valence-corrected chi connectivity index (χ4v) is 7.34. The minimum atomic E-state index is -4.15. The molecule has 0 bridgehead atoms. The lowest BCUT2D eigenvalue weighted by atomic mass is 10.0. The zero-order valence-corrected chi connectivity index (χ0v) is 35.4. The summed E-state index contributed by atoms with van der Waals surface area (Å²) in [7, 11) is 1.94. The molecule has 0 aromatic rings. The van der Waals surface area contributed by atoms with Gasteiger partial charge >= 0.3 is 7.82 Å². The molecule has 0 rings (SSSR count). The first kappa shape index (κ1) is 50.0. The van der Waals surface area contributed by atoms with Gasteiger partial charge in [0.2, 0.25) is 0 Å². The average Bonchev–Trinajstić information content (AvgIpc) is 3.06. The number of rotatable bonds is 42. The Hall–Kier alpha value is -0.0100. The molecule has 2 atom stereocenters. The normalized spacial score (nSPS) is 14.0. The van der Waals surface area contributed by atoms with E-state index in [2.05, 4.69) is 19.2 Å². The van der Waals surface area contributed by atoms with E-state index in [1.54, 1.807) is 0 Å². The molecule has 50 heavy (non-hydrogen) atoms. The first-order valence-corrected chi connectivity index (χ1v) is 23.4. The van der Waals surface area contributed by atoms with Gasteiger partial charge in [0.1, 0.15) is 19.3 Å². The van der Waals surface area contributed by atoms with Gasteiger partial charge in [0.15, 0.2) is 0 Å². The highest BCUT2D eigenvalue weighted by Crippen LogP contribution is 2.44. The van der Waals surface area contributed by atoms with Crippen LogP contribution >= 0.6 is 7.82 Å². The van der Waals surface area contributed by atoms with Crippen LogP contribution in [0, 0.1) is 0 Å². The van der Waals surface area contributed by atoms with E-state index in [1.165, 1.54) is 180 Å². The Balaban J connectivity index is 3.99. The minimum Gasteiger partial charge on any atom is -0.379 e. The standard InChI is InChI=1S/C42H89N2O5P/c1-6-8-10-12-14-16-18-20-21-22-23-24-25-26-28-30-32-34-36-43-40-42(49-50(45,46)48-39-37-44(3,4)5)41-47-38-35-33-31-29-27-19-17-15-13-11-9-7-2/h42-43H,6-41H2,1-5H3/p+1. The van der Waals surface area contributed by atoms with Gasteiger partial charge in [-0.25, -0.2) is 4.57 Å². The van der Waals surface area contributed by atoms with Crippen LogP contribution in [0.3, 0.4) is 0 Å². The van der Waals surface area contributed by atoms with Crippen LogP contribution in [-0.4, -0.2) is 76.1 Å². The van der Waals surface area contributed by atoms with Crippen molar-refractivity contribution in [2.45, 2.75) is 213 Å². The Morgan fingerprint density at radius 2 is 0.900 bits per heavy atom. The van der Waals surface area contributed by atoms with Gasteiger partial charge in [-0.15, -0.1) is 0 Å². The number of hydrogen-bond acceptors (Lipinski definition) is 5. The van der Waals surface area contributed by atoms with Crippen LogP contribution in [0.5, 0.6) is 0 Å². The molecule has 0 aromatic carbocycles. The highest BCUT2D eigenvalue weighted by molar-refractivity contribution is 7.47. The maximum atomic E-state index is 12.7. The largest absolute Gasteiger partial charge is 0.472 e. The molecule has 2 N–H and O–H groups in total. The summed E-state index contributed by atoms with van der Waals surface area (Å²) < 4.78 is 30.2. The molecule has 0 aromatic heterocycles. The van der Waals surface area contributed by atoms with Crippen molar-refractivity contribution >= 4 is 7.82 Å². The second-order valence-corrected chi connectivity index (χ2v) is 17.6. The van der Waals surface area contributed by atoms with Gasteiger partial charge in [-0.3, -0.25) is 9.05 Å². The third-order valence-corrected chi connectivity index (χ3v) is 10.9. The third-order valence-electron chi connectivity index (χ3n) is 9.82. The van der Waals surface area contributed by atoms with Crippen LogP contribution in [0.25, 0.3) is 0 Å². The van der Waals surface area contributed by atoms with Crippen molar-refractivity contribution in [1.82, 2.24) is 5.32 Å². The summed E-state index contributed by atoms with van der Waals surface area (Å²) in [6.07, 6.45) is 40.0. The molecule has 2 unspecified atom stereocenters. The van der Waals surface area contributed by atoms with Crippen molar-refractivity contribution in [3.63, 3.8) is 0 Å². The van der Waals surface area contributed by atoms with Crippen molar-refractivity contribution < 1.29 is 27.7 Å². The number of nitrogens with one attached hydrogen (secondary N) is 1. The number of unbranched alkanes of at least 4 members (excludes halogenated alkanes) is 28. The number of phosphoric ester groups is 1. The molecule has 0 amide bonds. The summed E-state index contributed by atoms with van der Waals surface area (Å²) in [5, 5.41) is 3.45. The molecule has 0 saturated carbocycles. The number of quaternary nitrogens is 1. The lowest BCUT2D eigenvalue weighted by Gasteiger charge is -2.25. The zero-order chi connectivity index (χ0) is 36.9. The van der Waals surface area contributed by atoms with Gasteiger partial charge in [-0.05, 0) is 19.4 Å². The van der Waals surface area contributed by atoms with Crippen molar-refractivity contribution in [2.24, 2.45) is 0 Å². The Labute approximate surface area is 313 Å². The first-order valence-electron chi connectivity index (χ1n) is 21.9. The Morgan fingerprint density at radius 1 is 0.540 bits per heavy atom. The fourth-order valence-electron chi connectivity index (χ4n) is 6.45. The van der Waals surface area contributed by atoms with Crippen molar-refractivity contribution in [2.75, 3.05) is 60.6 Å². The maximum absolute atomic E-state index is 12.7. The van der Waals surface area contributed by atoms with E-state index in [-0.39, 0.29) is 6.61 Å². The van der Waals surface area contributed by atoms with E-state index in [0.29, 0.717) is 30.8 Å². The molecule has 0 fully saturated rings. The van der Waals surface area contributed by atoms with Gasteiger partial charge in [0, 0.05) is 13.2 Å². The van der Waals surface area contributed by atoms with E-state index in [1.807, 2.05) is 21.1 Å². The van der Waals surface area contributed by atoms with E-state index in [4.69, 9.17) is 13.8 Å². The summed E-state index contributed by atoms with van der Waals surface area (Å²) in [6, 6.07) is 0. The molecule has 0 spiro atoms. The van der Waals surface area contributed by atoms with Gasteiger partial charge in [-0.1, -0.05) is 194 Å². The highest BCUT2D eigenvalue weighted by atomic mass is 31.2. The average molecular weight is 734 g/mol. The predicted molar refractivity (Wildman–Crippen MR) is 217 cm³/mol. The predicted octanol–water partition coefficient (Wildman–Crippen LogP) is 12.5. The first-order chi connectivity index (χ1) is 24.2. The smallest absolute Gasteiger partial charge is 0.379 e. The molecule has 0 heterocycles. The second-order valence-electron chi connectivity index (χ2n) is 16.2. The lowest BCUT2D eigenvalue weighted by molar-refractivity contribution is -0.870. The molecule has 0 saturated heterocycles. The molecule has 302 valence electrons. The van der Waals surface area contributed by atoms with Gasteiger partial charge in [0.05, 0.1) is 27.7 Å². The number of likely N-dealkylation sites (N-methyl/N-ethyl adjacent to an activating group) is 1. The van der Waals surface area contributed by atoms with E-state index >= 15 is 0 Å². The summed E-state index contributed by atoms with van der Waals surface area (Å²) in [5.41, 5.74) is 0. The van der Waals surface area contributed by atoms with Crippen LogP contribution in [0.1, 0.15) is 206 Å². The van der Waals surface area contributed by atoms with Crippen molar-refractivity contribution in [1.29, 1.82) is 0 Å². The van der Waals surface area contributed by atoms with Crippen LogP contribution in [0.4, 0.5) is 0 Å². The van der Waals surface area contributed by atoms with Gasteiger partial charge in [-0.2, -0.15) is 0 Å². The van der Waals surface area contributed by atoms with Crippen molar-refractivity contribution in [3.05, 3.63) is 0 Å². The van der Waals surface area contributed by atoms with Crippen LogP contribution < -0.4 is 5.32 Å². The number of ether oxygens (including phenoxy) is 1. The number of nitrogens with zero attached hydrogens (tertiary/aromatic N) is 1. The number of phosphoric acid groups is 1. The topological polar surface area (TPSA) is 77.0 Å². The Bertz CT molecular complexity index is 721. The van der Waals surface area contributed by atoms with E-state index < -0.39 is 13.9 Å². The SMILES string of the molecule is CCCCCCCCCCCCCCCCCCCCNCC(COCCCCCCCCCCCCCC)OP(=O)(O)OCC[N+](C)(C)C. The Kier molecular flexibility index (Phi) is 37.3. The zero-order valence-electron chi connectivity index (χ0n) is 34.5. The lowest BCUT2D eigenvalue weighted by Crippen LogP contribution is -2.37. The molecule has 0 aliphatic heterocycles. The van der Waals surface area contributed by atoms with E-state index in [0.717, 1.165) is 19.4 Å². The molecular formula is C42H90N2O5P+. The molecule has 0 aliphatic rings. The van der Waals surface area contributed by atoms with Gasteiger partial charge < -0.3 is 19.4 Å². The quantitative estimate of drug-likeness (QED) is 0.0369. The third kappa shape index (κ3) is 40.8. The summed E-state index contributed by atoms with van der Waals surface area (Å²) in [5.74, 6) is 0. The summed E-state index contributed by atoms with van der Waals surface area (Å²) >= 11 is 0. The Morgan fingerprint density at radius 3 is 1.28 bits per heavy atom.